The highest BCUT2D eigenvalue weighted by Gasteiger charge is 2.11. The van der Waals surface area contributed by atoms with Gasteiger partial charge in [0.05, 0.1) is 5.33 Å². The fourth-order valence-corrected chi connectivity index (χ4v) is 1.40. The van der Waals surface area contributed by atoms with Gasteiger partial charge in [0, 0.05) is 12.0 Å². The summed E-state index contributed by atoms with van der Waals surface area (Å²) in [6.45, 7) is 0. The molecule has 1 aromatic carbocycles. The quantitative estimate of drug-likeness (QED) is 0.860. The van der Waals surface area contributed by atoms with Crippen LogP contribution < -0.4 is 0 Å². The van der Waals surface area contributed by atoms with E-state index in [1.807, 2.05) is 0 Å². The molecule has 0 aliphatic rings. The highest BCUT2D eigenvalue weighted by Crippen LogP contribution is 2.24. The Bertz CT molecular complexity index is 366. The number of carbonyl (C=O) groups is 1. The first-order valence-electron chi connectivity index (χ1n) is 4.21. The van der Waals surface area contributed by atoms with Gasteiger partial charge < -0.3 is 5.11 Å². The zero-order valence-electron chi connectivity index (χ0n) is 7.71. The Kier molecular flexibility index (Phi) is 4.20. The normalized spacial score (nSPS) is 10.7. The van der Waals surface area contributed by atoms with Crippen molar-refractivity contribution in [3.63, 3.8) is 0 Å². The monoisotopic (exact) mass is 278 g/mol. The average molecular weight is 279 g/mol. The van der Waals surface area contributed by atoms with E-state index in [9.17, 15) is 18.7 Å². The van der Waals surface area contributed by atoms with Gasteiger partial charge in [-0.3, -0.25) is 4.79 Å². The number of phenols is 1. The number of ketones is 1. The van der Waals surface area contributed by atoms with E-state index in [0.29, 0.717) is 5.56 Å². The molecule has 1 rings (SSSR count). The van der Waals surface area contributed by atoms with Gasteiger partial charge in [-0.1, -0.05) is 15.9 Å². The third-order valence-corrected chi connectivity index (χ3v) is 2.43. The van der Waals surface area contributed by atoms with Crippen molar-refractivity contribution in [2.75, 3.05) is 5.33 Å². The largest absolute Gasteiger partial charge is 0.508 e. The maximum absolute atomic E-state index is 12.3. The molecule has 0 aromatic heterocycles. The lowest BCUT2D eigenvalue weighted by atomic mass is 10.1. The molecule has 0 bridgehead atoms. The van der Waals surface area contributed by atoms with E-state index < -0.39 is 6.43 Å². The Balaban J connectivity index is 2.93. The van der Waals surface area contributed by atoms with Gasteiger partial charge >= 0.3 is 0 Å². The lowest BCUT2D eigenvalue weighted by molar-refractivity contribution is -0.115. The second kappa shape index (κ2) is 5.21. The second-order valence-electron chi connectivity index (χ2n) is 3.08. The average Bonchev–Trinajstić information content (AvgIpc) is 2.16. The van der Waals surface area contributed by atoms with E-state index in [-0.39, 0.29) is 28.8 Å². The van der Waals surface area contributed by atoms with Gasteiger partial charge in [0.1, 0.15) is 11.5 Å². The molecular formula is C10H9BrF2O2. The molecule has 15 heavy (non-hydrogen) atoms. The van der Waals surface area contributed by atoms with Crippen molar-refractivity contribution in [3.8, 4) is 5.75 Å². The topological polar surface area (TPSA) is 37.3 Å². The first-order valence-corrected chi connectivity index (χ1v) is 5.33. The Morgan fingerprint density at radius 2 is 2.07 bits per heavy atom. The lowest BCUT2D eigenvalue weighted by Gasteiger charge is -2.05. The molecule has 2 nitrogen and oxygen atoms in total. The summed E-state index contributed by atoms with van der Waals surface area (Å²) in [5.41, 5.74) is 0.127. The predicted molar refractivity (Wildman–Crippen MR) is 55.6 cm³/mol. The fourth-order valence-electron chi connectivity index (χ4n) is 1.20. The summed E-state index contributed by atoms with van der Waals surface area (Å²) in [6, 6.07) is 3.53. The van der Waals surface area contributed by atoms with E-state index >= 15 is 0 Å². The van der Waals surface area contributed by atoms with Crippen molar-refractivity contribution in [1.82, 2.24) is 0 Å². The summed E-state index contributed by atoms with van der Waals surface area (Å²) in [5.74, 6) is -0.369. The van der Waals surface area contributed by atoms with Crippen molar-refractivity contribution >= 4 is 21.7 Å². The zero-order valence-corrected chi connectivity index (χ0v) is 9.30. The van der Waals surface area contributed by atoms with Gasteiger partial charge in [-0.15, -0.1) is 0 Å². The molecule has 0 heterocycles. The Hall–Kier alpha value is -0.970. The predicted octanol–water partition coefficient (Wildman–Crippen LogP) is 2.84. The van der Waals surface area contributed by atoms with Crippen molar-refractivity contribution in [2.45, 2.75) is 12.8 Å². The number of hydrogen-bond donors (Lipinski definition) is 1. The van der Waals surface area contributed by atoms with Gasteiger partial charge in [0.2, 0.25) is 0 Å². The third-order valence-electron chi connectivity index (χ3n) is 1.80. The molecule has 0 spiro atoms. The van der Waals surface area contributed by atoms with E-state index in [1.54, 1.807) is 0 Å². The van der Waals surface area contributed by atoms with Gasteiger partial charge in [-0.2, -0.15) is 0 Å². The molecule has 0 radical (unpaired) electrons. The summed E-state index contributed by atoms with van der Waals surface area (Å²) in [4.78, 5) is 11.1. The highest BCUT2D eigenvalue weighted by molar-refractivity contribution is 9.09. The van der Waals surface area contributed by atoms with Crippen LogP contribution in [0.2, 0.25) is 0 Å². The minimum atomic E-state index is -2.64. The summed E-state index contributed by atoms with van der Waals surface area (Å²) >= 11 is 2.98. The first kappa shape index (κ1) is 12.1. The number of aromatic hydroxyl groups is 1. The van der Waals surface area contributed by atoms with E-state index in [0.717, 1.165) is 6.07 Å². The molecule has 1 aromatic rings. The molecule has 0 saturated carbocycles. The number of alkyl halides is 3. The Labute approximate surface area is 94.0 Å². The molecular weight excluding hydrogens is 270 g/mol. The standard InChI is InChI=1S/C10H9BrF2O2/c11-5-9(15)3-6-1-7(10(12)13)4-8(14)2-6/h1-2,4,10,14H,3,5H2. The first-order chi connectivity index (χ1) is 7.02. The maximum atomic E-state index is 12.3. The van der Waals surface area contributed by atoms with Crippen LogP contribution >= 0.6 is 15.9 Å². The molecule has 5 heteroatoms. The summed E-state index contributed by atoms with van der Waals surface area (Å²) in [6.07, 6.45) is -2.60. The van der Waals surface area contributed by atoms with E-state index in [2.05, 4.69) is 15.9 Å². The minimum absolute atomic E-state index is 0.0410. The molecule has 0 amide bonds. The maximum Gasteiger partial charge on any atom is 0.263 e. The number of hydrogen-bond acceptors (Lipinski definition) is 2. The summed E-state index contributed by atoms with van der Waals surface area (Å²) < 4.78 is 24.7. The summed E-state index contributed by atoms with van der Waals surface area (Å²) in [7, 11) is 0. The van der Waals surface area contributed by atoms with Crippen LogP contribution in [0.15, 0.2) is 18.2 Å². The fraction of sp³-hybridized carbons (Fsp3) is 0.300. The molecule has 1 N–H and O–H groups in total. The van der Waals surface area contributed by atoms with Crippen LogP contribution in [0.3, 0.4) is 0 Å². The molecule has 0 saturated heterocycles. The molecule has 0 aliphatic carbocycles. The van der Waals surface area contributed by atoms with Crippen LogP contribution in [0, 0.1) is 0 Å². The number of Topliss-reactive ketones (excluding diaryl/α,β-unsaturated/α-hetero) is 1. The van der Waals surface area contributed by atoms with Gasteiger partial charge in [0.25, 0.3) is 6.43 Å². The van der Waals surface area contributed by atoms with Gasteiger partial charge in [-0.05, 0) is 23.8 Å². The smallest absolute Gasteiger partial charge is 0.263 e. The number of phenolic OH excluding ortho intramolecular Hbond substituents is 1. The van der Waals surface area contributed by atoms with Crippen molar-refractivity contribution < 1.29 is 18.7 Å². The van der Waals surface area contributed by atoms with Gasteiger partial charge in [-0.25, -0.2) is 8.78 Å². The number of halogens is 3. The number of rotatable bonds is 4. The van der Waals surface area contributed by atoms with Crippen LogP contribution in [0.5, 0.6) is 5.75 Å². The minimum Gasteiger partial charge on any atom is -0.508 e. The zero-order chi connectivity index (χ0) is 11.4. The van der Waals surface area contributed by atoms with Crippen LogP contribution in [0.1, 0.15) is 17.6 Å². The third kappa shape index (κ3) is 3.58. The van der Waals surface area contributed by atoms with E-state index in [1.165, 1.54) is 12.1 Å². The molecule has 82 valence electrons. The number of carbonyl (C=O) groups excluding carboxylic acids is 1. The van der Waals surface area contributed by atoms with Crippen LogP contribution in [-0.2, 0) is 11.2 Å². The van der Waals surface area contributed by atoms with Crippen molar-refractivity contribution in [3.05, 3.63) is 29.3 Å². The van der Waals surface area contributed by atoms with Crippen LogP contribution in [0.25, 0.3) is 0 Å². The molecule has 0 fully saturated rings. The molecule has 0 aliphatic heterocycles. The van der Waals surface area contributed by atoms with E-state index in [4.69, 9.17) is 0 Å². The summed E-state index contributed by atoms with van der Waals surface area (Å²) in [5, 5.41) is 9.35. The molecule has 0 unspecified atom stereocenters. The Morgan fingerprint density at radius 3 is 2.60 bits per heavy atom. The van der Waals surface area contributed by atoms with Crippen LogP contribution in [-0.4, -0.2) is 16.2 Å². The van der Waals surface area contributed by atoms with Crippen LogP contribution in [0.4, 0.5) is 8.78 Å². The second-order valence-corrected chi connectivity index (χ2v) is 3.64. The van der Waals surface area contributed by atoms with Crippen molar-refractivity contribution in [1.29, 1.82) is 0 Å². The molecule has 0 atom stereocenters. The lowest BCUT2D eigenvalue weighted by Crippen LogP contribution is -2.03. The highest BCUT2D eigenvalue weighted by atomic mass is 79.9. The van der Waals surface area contributed by atoms with Gasteiger partial charge in [0.15, 0.2) is 0 Å². The number of benzene rings is 1. The van der Waals surface area contributed by atoms with Crippen molar-refractivity contribution in [2.24, 2.45) is 0 Å². The SMILES string of the molecule is O=C(CBr)Cc1cc(O)cc(C(F)F)c1. The Morgan fingerprint density at radius 1 is 1.40 bits per heavy atom.